The maximum atomic E-state index is 13.0. The standard InChI is InChI=1S/C21H16F3N3O/c1-2-10-26-18-9-4-3-8-17(18)25-20(26)14-11-19(28)27(13-14)16-7-5-6-15(12-16)21(22,23)24/h1,3-9,12,14H,10-11,13H2/t14-/m1/s1. The highest BCUT2D eigenvalue weighted by molar-refractivity contribution is 5.96. The molecule has 0 unspecified atom stereocenters. The first kappa shape index (κ1) is 18.1. The lowest BCUT2D eigenvalue weighted by Gasteiger charge is -2.18. The molecule has 2 aromatic carbocycles. The summed E-state index contributed by atoms with van der Waals surface area (Å²) in [5, 5.41) is 0. The molecule has 0 aliphatic carbocycles. The quantitative estimate of drug-likeness (QED) is 0.636. The molecule has 7 heteroatoms. The van der Waals surface area contributed by atoms with Crippen LogP contribution in [-0.4, -0.2) is 22.0 Å². The van der Waals surface area contributed by atoms with Crippen molar-refractivity contribution in [3.05, 3.63) is 59.9 Å². The largest absolute Gasteiger partial charge is 0.416 e. The van der Waals surface area contributed by atoms with E-state index in [1.54, 1.807) is 0 Å². The Morgan fingerprint density at radius 3 is 2.71 bits per heavy atom. The normalized spacial score (nSPS) is 17.3. The van der Waals surface area contributed by atoms with E-state index in [1.165, 1.54) is 17.0 Å². The number of para-hydroxylation sites is 2. The van der Waals surface area contributed by atoms with Gasteiger partial charge < -0.3 is 9.47 Å². The Morgan fingerprint density at radius 2 is 1.96 bits per heavy atom. The molecular formula is C21H16F3N3O. The van der Waals surface area contributed by atoms with Crippen LogP contribution in [0.15, 0.2) is 48.5 Å². The van der Waals surface area contributed by atoms with Crippen molar-refractivity contribution in [3.8, 4) is 12.3 Å². The van der Waals surface area contributed by atoms with Crippen molar-refractivity contribution in [2.75, 3.05) is 11.4 Å². The summed E-state index contributed by atoms with van der Waals surface area (Å²) < 4.78 is 40.9. The fraction of sp³-hybridized carbons (Fsp3) is 0.238. The van der Waals surface area contributed by atoms with Crippen LogP contribution in [-0.2, 0) is 17.5 Å². The second-order valence-corrected chi connectivity index (χ2v) is 6.70. The van der Waals surface area contributed by atoms with Gasteiger partial charge in [-0.25, -0.2) is 4.98 Å². The Labute approximate surface area is 159 Å². The van der Waals surface area contributed by atoms with Gasteiger partial charge in [-0.3, -0.25) is 4.79 Å². The van der Waals surface area contributed by atoms with Crippen LogP contribution in [0.2, 0.25) is 0 Å². The lowest BCUT2D eigenvalue weighted by Crippen LogP contribution is -2.25. The highest BCUT2D eigenvalue weighted by Crippen LogP contribution is 2.36. The van der Waals surface area contributed by atoms with Gasteiger partial charge in [-0.1, -0.05) is 24.1 Å². The molecule has 1 atom stereocenters. The van der Waals surface area contributed by atoms with E-state index in [1.807, 2.05) is 28.8 Å². The molecule has 1 saturated heterocycles. The van der Waals surface area contributed by atoms with Crippen LogP contribution in [0.5, 0.6) is 0 Å². The fourth-order valence-electron chi connectivity index (χ4n) is 3.64. The highest BCUT2D eigenvalue weighted by atomic mass is 19.4. The van der Waals surface area contributed by atoms with Gasteiger partial charge in [-0.15, -0.1) is 6.42 Å². The van der Waals surface area contributed by atoms with E-state index in [-0.39, 0.29) is 30.5 Å². The first-order valence-corrected chi connectivity index (χ1v) is 8.74. The molecule has 0 spiro atoms. The molecule has 2 heterocycles. The molecule has 1 fully saturated rings. The molecule has 0 bridgehead atoms. The fourth-order valence-corrected chi connectivity index (χ4v) is 3.64. The third-order valence-corrected chi connectivity index (χ3v) is 4.91. The molecule has 1 aromatic heterocycles. The first-order valence-electron chi connectivity index (χ1n) is 8.74. The van der Waals surface area contributed by atoms with Crippen molar-refractivity contribution < 1.29 is 18.0 Å². The Bertz CT molecular complexity index is 1090. The van der Waals surface area contributed by atoms with E-state index in [0.717, 1.165) is 23.2 Å². The summed E-state index contributed by atoms with van der Waals surface area (Å²) in [5.41, 5.74) is 1.11. The number of fused-ring (bicyclic) bond motifs is 1. The molecule has 4 rings (SSSR count). The van der Waals surface area contributed by atoms with Crippen molar-refractivity contribution in [2.24, 2.45) is 0 Å². The minimum Gasteiger partial charge on any atom is -0.316 e. The number of anilines is 1. The number of carbonyl (C=O) groups excluding carboxylic acids is 1. The number of amides is 1. The lowest BCUT2D eigenvalue weighted by molar-refractivity contribution is -0.137. The molecular weight excluding hydrogens is 367 g/mol. The van der Waals surface area contributed by atoms with Crippen molar-refractivity contribution in [2.45, 2.75) is 25.1 Å². The number of halogens is 3. The van der Waals surface area contributed by atoms with Crippen molar-refractivity contribution >= 4 is 22.6 Å². The number of imidazole rings is 1. The van der Waals surface area contributed by atoms with Crippen LogP contribution in [0.1, 0.15) is 23.7 Å². The van der Waals surface area contributed by atoms with Crippen molar-refractivity contribution in [1.82, 2.24) is 9.55 Å². The smallest absolute Gasteiger partial charge is 0.316 e. The predicted octanol–water partition coefficient (Wildman–Crippen LogP) is 4.21. The first-order chi connectivity index (χ1) is 13.4. The maximum absolute atomic E-state index is 13.0. The summed E-state index contributed by atoms with van der Waals surface area (Å²) >= 11 is 0. The van der Waals surface area contributed by atoms with Gasteiger partial charge in [0.05, 0.1) is 23.1 Å². The van der Waals surface area contributed by atoms with Gasteiger partial charge in [-0.2, -0.15) is 13.2 Å². The second-order valence-electron chi connectivity index (χ2n) is 6.70. The number of terminal acetylenes is 1. The van der Waals surface area contributed by atoms with E-state index >= 15 is 0 Å². The van der Waals surface area contributed by atoms with Crippen LogP contribution in [0.3, 0.4) is 0 Å². The van der Waals surface area contributed by atoms with Gasteiger partial charge in [0.2, 0.25) is 5.91 Å². The molecule has 28 heavy (non-hydrogen) atoms. The van der Waals surface area contributed by atoms with E-state index < -0.39 is 11.7 Å². The number of aromatic nitrogens is 2. The molecule has 1 amide bonds. The van der Waals surface area contributed by atoms with Gasteiger partial charge >= 0.3 is 6.18 Å². The van der Waals surface area contributed by atoms with Crippen LogP contribution in [0.25, 0.3) is 11.0 Å². The van der Waals surface area contributed by atoms with E-state index in [0.29, 0.717) is 12.4 Å². The SMILES string of the molecule is C#CCn1c([C@@H]2CC(=O)N(c3cccc(C(F)(F)F)c3)C2)nc2ccccc21. The molecule has 3 aromatic rings. The Balaban J connectivity index is 1.69. The average Bonchev–Trinajstić information content (AvgIpc) is 3.22. The van der Waals surface area contributed by atoms with E-state index in [4.69, 9.17) is 6.42 Å². The van der Waals surface area contributed by atoms with Crippen molar-refractivity contribution in [3.63, 3.8) is 0 Å². The van der Waals surface area contributed by atoms with Gasteiger partial charge in [0.1, 0.15) is 5.82 Å². The number of nitrogens with zero attached hydrogens (tertiary/aromatic N) is 3. The Morgan fingerprint density at radius 1 is 1.18 bits per heavy atom. The van der Waals surface area contributed by atoms with E-state index in [2.05, 4.69) is 10.9 Å². The predicted molar refractivity (Wildman–Crippen MR) is 99.7 cm³/mol. The monoisotopic (exact) mass is 383 g/mol. The number of carbonyl (C=O) groups is 1. The van der Waals surface area contributed by atoms with Crippen LogP contribution < -0.4 is 4.90 Å². The van der Waals surface area contributed by atoms with Gasteiger partial charge in [0.15, 0.2) is 0 Å². The van der Waals surface area contributed by atoms with Crippen LogP contribution in [0, 0.1) is 12.3 Å². The third kappa shape index (κ3) is 3.11. The molecule has 1 aliphatic heterocycles. The molecule has 0 N–H and O–H groups in total. The molecule has 0 radical (unpaired) electrons. The highest BCUT2D eigenvalue weighted by Gasteiger charge is 2.36. The Hall–Kier alpha value is -3.27. The molecule has 4 nitrogen and oxygen atoms in total. The number of hydrogen-bond acceptors (Lipinski definition) is 2. The average molecular weight is 383 g/mol. The summed E-state index contributed by atoms with van der Waals surface area (Å²) in [5.74, 6) is 2.81. The number of hydrogen-bond donors (Lipinski definition) is 0. The number of rotatable bonds is 3. The van der Waals surface area contributed by atoms with Crippen molar-refractivity contribution in [1.29, 1.82) is 0 Å². The zero-order valence-corrected chi connectivity index (χ0v) is 14.8. The van der Waals surface area contributed by atoms with E-state index in [9.17, 15) is 18.0 Å². The van der Waals surface area contributed by atoms with Gasteiger partial charge in [0, 0.05) is 24.6 Å². The van der Waals surface area contributed by atoms with Gasteiger partial charge in [0.25, 0.3) is 0 Å². The summed E-state index contributed by atoms with van der Waals surface area (Å²) in [6, 6.07) is 12.4. The number of alkyl halides is 3. The lowest BCUT2D eigenvalue weighted by atomic mass is 10.1. The summed E-state index contributed by atoms with van der Waals surface area (Å²) in [6.45, 7) is 0.568. The zero-order valence-electron chi connectivity index (χ0n) is 14.8. The minimum absolute atomic E-state index is 0.171. The topological polar surface area (TPSA) is 38.1 Å². The summed E-state index contributed by atoms with van der Waals surface area (Å²) in [7, 11) is 0. The van der Waals surface area contributed by atoms with Crippen LogP contribution in [0.4, 0.5) is 18.9 Å². The maximum Gasteiger partial charge on any atom is 0.416 e. The zero-order chi connectivity index (χ0) is 19.9. The molecule has 142 valence electrons. The van der Waals surface area contributed by atoms with Crippen LogP contribution >= 0.6 is 0 Å². The number of benzene rings is 2. The second kappa shape index (κ2) is 6.71. The summed E-state index contributed by atoms with van der Waals surface area (Å²) in [6.07, 6.45) is 1.21. The molecule has 0 saturated carbocycles. The summed E-state index contributed by atoms with van der Waals surface area (Å²) in [4.78, 5) is 18.6. The molecule has 1 aliphatic rings. The third-order valence-electron chi connectivity index (χ3n) is 4.91. The Kier molecular flexibility index (Phi) is 4.34. The van der Waals surface area contributed by atoms with Gasteiger partial charge in [-0.05, 0) is 30.3 Å². The minimum atomic E-state index is -4.46.